The number of hydrogen-bond donors (Lipinski definition) is 1. The first-order chi connectivity index (χ1) is 13.0. The molecule has 0 bridgehead atoms. The summed E-state index contributed by atoms with van der Waals surface area (Å²) in [4.78, 5) is 26.1. The molecular weight excluding hydrogens is 351 g/mol. The molecule has 2 aromatic carbocycles. The Morgan fingerprint density at radius 3 is 2.67 bits per heavy atom. The number of amides is 2. The Bertz CT molecular complexity index is 810. The van der Waals surface area contributed by atoms with E-state index in [1.165, 1.54) is 12.1 Å². The standard InChI is InChI=1S/C20H21FN2O4/c1-26-16-7-5-14(6-8-16)20(25)22-12-19(24)23-10-9-18(13-23)27-17-4-2-3-15(21)11-17/h2-8,11,18H,9-10,12-13H2,1H3,(H,22,25)/t18-/m0/s1. The molecular formula is C20H21FN2O4. The molecule has 27 heavy (non-hydrogen) atoms. The number of benzene rings is 2. The van der Waals surface area contributed by atoms with E-state index < -0.39 is 0 Å². The highest BCUT2D eigenvalue weighted by atomic mass is 19.1. The summed E-state index contributed by atoms with van der Waals surface area (Å²) in [5.74, 6) is 0.241. The zero-order chi connectivity index (χ0) is 19.2. The molecule has 142 valence electrons. The quantitative estimate of drug-likeness (QED) is 0.845. The summed E-state index contributed by atoms with van der Waals surface area (Å²) in [5, 5.41) is 2.62. The summed E-state index contributed by atoms with van der Waals surface area (Å²) in [5.41, 5.74) is 0.456. The minimum Gasteiger partial charge on any atom is -0.497 e. The van der Waals surface area contributed by atoms with Crippen LogP contribution in [0.15, 0.2) is 48.5 Å². The molecule has 0 unspecified atom stereocenters. The second kappa shape index (κ2) is 8.53. The average molecular weight is 372 g/mol. The van der Waals surface area contributed by atoms with Crippen LogP contribution >= 0.6 is 0 Å². The SMILES string of the molecule is COc1ccc(C(=O)NCC(=O)N2CC[C@H](Oc3cccc(F)c3)C2)cc1. The van der Waals surface area contributed by atoms with Crippen molar-refractivity contribution in [2.45, 2.75) is 12.5 Å². The van der Waals surface area contributed by atoms with Gasteiger partial charge in [-0.25, -0.2) is 4.39 Å². The summed E-state index contributed by atoms with van der Waals surface area (Å²) in [6, 6.07) is 12.6. The Kier molecular flexibility index (Phi) is 5.90. The smallest absolute Gasteiger partial charge is 0.251 e. The minimum absolute atomic E-state index is 0.0858. The number of carbonyl (C=O) groups is 2. The molecule has 0 spiro atoms. The van der Waals surface area contributed by atoms with E-state index in [0.29, 0.717) is 36.6 Å². The molecule has 2 amide bonds. The monoisotopic (exact) mass is 372 g/mol. The normalized spacial score (nSPS) is 16.1. The molecule has 1 aliphatic heterocycles. The van der Waals surface area contributed by atoms with E-state index in [1.54, 1.807) is 48.4 Å². The molecule has 3 rings (SSSR count). The van der Waals surface area contributed by atoms with Gasteiger partial charge in [-0.1, -0.05) is 6.07 Å². The molecule has 1 saturated heterocycles. The molecule has 0 aromatic heterocycles. The number of ether oxygens (including phenoxy) is 2. The summed E-state index contributed by atoms with van der Waals surface area (Å²) < 4.78 is 24.0. The predicted octanol–water partition coefficient (Wildman–Crippen LogP) is 2.24. The van der Waals surface area contributed by atoms with E-state index in [2.05, 4.69) is 5.32 Å². The van der Waals surface area contributed by atoms with Crippen molar-refractivity contribution in [2.24, 2.45) is 0 Å². The van der Waals surface area contributed by atoms with E-state index in [9.17, 15) is 14.0 Å². The Labute approximate surface area is 156 Å². The predicted molar refractivity (Wildman–Crippen MR) is 97.3 cm³/mol. The van der Waals surface area contributed by atoms with Crippen LogP contribution in [-0.2, 0) is 4.79 Å². The van der Waals surface area contributed by atoms with Gasteiger partial charge in [-0.2, -0.15) is 0 Å². The second-order valence-corrected chi connectivity index (χ2v) is 6.24. The van der Waals surface area contributed by atoms with E-state index in [0.717, 1.165) is 0 Å². The van der Waals surface area contributed by atoms with E-state index in [1.807, 2.05) is 0 Å². The lowest BCUT2D eigenvalue weighted by Crippen LogP contribution is -2.39. The van der Waals surface area contributed by atoms with Gasteiger partial charge < -0.3 is 19.7 Å². The Morgan fingerprint density at radius 1 is 1.19 bits per heavy atom. The highest BCUT2D eigenvalue weighted by molar-refractivity contribution is 5.96. The zero-order valence-corrected chi connectivity index (χ0v) is 15.0. The van der Waals surface area contributed by atoms with Gasteiger partial charge in [0.1, 0.15) is 23.4 Å². The van der Waals surface area contributed by atoms with E-state index in [-0.39, 0.29) is 30.3 Å². The van der Waals surface area contributed by atoms with Crippen LogP contribution in [0.25, 0.3) is 0 Å². The van der Waals surface area contributed by atoms with Gasteiger partial charge in [0.05, 0.1) is 20.2 Å². The van der Waals surface area contributed by atoms with Gasteiger partial charge in [0.15, 0.2) is 0 Å². The van der Waals surface area contributed by atoms with Gasteiger partial charge in [-0.15, -0.1) is 0 Å². The first-order valence-corrected chi connectivity index (χ1v) is 8.67. The topological polar surface area (TPSA) is 67.9 Å². The van der Waals surface area contributed by atoms with Crippen molar-refractivity contribution in [2.75, 3.05) is 26.7 Å². The van der Waals surface area contributed by atoms with Crippen molar-refractivity contribution in [3.05, 3.63) is 59.9 Å². The van der Waals surface area contributed by atoms with E-state index in [4.69, 9.17) is 9.47 Å². The molecule has 2 aromatic rings. The van der Waals surface area contributed by atoms with Crippen LogP contribution in [0.3, 0.4) is 0 Å². The third kappa shape index (κ3) is 4.97. The Balaban J connectivity index is 1.46. The Hall–Kier alpha value is -3.09. The van der Waals surface area contributed by atoms with Crippen LogP contribution in [0.2, 0.25) is 0 Å². The molecule has 0 radical (unpaired) electrons. The number of likely N-dealkylation sites (tertiary alicyclic amines) is 1. The molecule has 1 fully saturated rings. The van der Waals surface area contributed by atoms with Crippen LogP contribution in [0, 0.1) is 5.82 Å². The fourth-order valence-electron chi connectivity index (χ4n) is 2.90. The van der Waals surface area contributed by atoms with Gasteiger partial charge in [0, 0.05) is 24.6 Å². The number of halogens is 1. The summed E-state index contributed by atoms with van der Waals surface area (Å²) >= 11 is 0. The van der Waals surface area contributed by atoms with Gasteiger partial charge in [-0.3, -0.25) is 9.59 Å². The number of rotatable bonds is 6. The maximum Gasteiger partial charge on any atom is 0.251 e. The lowest BCUT2D eigenvalue weighted by Gasteiger charge is -2.17. The zero-order valence-electron chi connectivity index (χ0n) is 15.0. The highest BCUT2D eigenvalue weighted by Crippen LogP contribution is 2.19. The van der Waals surface area contributed by atoms with Crippen LogP contribution in [0.1, 0.15) is 16.8 Å². The first-order valence-electron chi connectivity index (χ1n) is 8.67. The maximum atomic E-state index is 13.2. The van der Waals surface area contributed by atoms with Gasteiger partial charge in [0.25, 0.3) is 5.91 Å². The van der Waals surface area contributed by atoms with Gasteiger partial charge in [0.2, 0.25) is 5.91 Å². The molecule has 6 nitrogen and oxygen atoms in total. The fourth-order valence-corrected chi connectivity index (χ4v) is 2.90. The highest BCUT2D eigenvalue weighted by Gasteiger charge is 2.27. The van der Waals surface area contributed by atoms with Gasteiger partial charge in [-0.05, 0) is 36.4 Å². The lowest BCUT2D eigenvalue weighted by atomic mass is 10.2. The molecule has 0 aliphatic carbocycles. The number of hydrogen-bond acceptors (Lipinski definition) is 4. The van der Waals surface area contributed by atoms with Crippen molar-refractivity contribution in [3.63, 3.8) is 0 Å². The summed E-state index contributed by atoms with van der Waals surface area (Å²) in [7, 11) is 1.55. The molecule has 7 heteroatoms. The first kappa shape index (κ1) is 18.7. The van der Waals surface area contributed by atoms with Crippen molar-refractivity contribution < 1.29 is 23.5 Å². The molecule has 1 atom stereocenters. The summed E-state index contributed by atoms with van der Waals surface area (Å²) in [6.07, 6.45) is 0.474. The van der Waals surface area contributed by atoms with Crippen LogP contribution in [0.4, 0.5) is 4.39 Å². The van der Waals surface area contributed by atoms with Crippen molar-refractivity contribution in [3.8, 4) is 11.5 Å². The fraction of sp³-hybridized carbons (Fsp3) is 0.300. The van der Waals surface area contributed by atoms with Crippen molar-refractivity contribution in [1.82, 2.24) is 10.2 Å². The molecule has 1 heterocycles. The number of methoxy groups -OCH3 is 1. The van der Waals surface area contributed by atoms with Crippen molar-refractivity contribution in [1.29, 1.82) is 0 Å². The molecule has 0 saturated carbocycles. The minimum atomic E-state index is -0.361. The van der Waals surface area contributed by atoms with Gasteiger partial charge >= 0.3 is 0 Å². The van der Waals surface area contributed by atoms with E-state index >= 15 is 0 Å². The molecule has 1 N–H and O–H groups in total. The summed E-state index contributed by atoms with van der Waals surface area (Å²) in [6.45, 7) is 0.864. The lowest BCUT2D eigenvalue weighted by molar-refractivity contribution is -0.129. The van der Waals surface area contributed by atoms with Crippen molar-refractivity contribution >= 4 is 11.8 Å². The van der Waals surface area contributed by atoms with Crippen LogP contribution in [0.5, 0.6) is 11.5 Å². The average Bonchev–Trinajstić information content (AvgIpc) is 3.14. The third-order valence-electron chi connectivity index (χ3n) is 4.35. The largest absolute Gasteiger partial charge is 0.497 e. The van der Waals surface area contributed by atoms with Crippen LogP contribution < -0.4 is 14.8 Å². The second-order valence-electron chi connectivity index (χ2n) is 6.24. The maximum absolute atomic E-state index is 13.2. The Morgan fingerprint density at radius 2 is 1.96 bits per heavy atom. The number of nitrogens with zero attached hydrogens (tertiary/aromatic N) is 1. The number of carbonyl (C=O) groups excluding carboxylic acids is 2. The number of nitrogens with one attached hydrogen (secondary N) is 1. The molecule has 1 aliphatic rings. The third-order valence-corrected chi connectivity index (χ3v) is 4.35. The van der Waals surface area contributed by atoms with Crippen LogP contribution in [-0.4, -0.2) is 49.6 Å².